The van der Waals surface area contributed by atoms with Gasteiger partial charge in [-0.15, -0.1) is 0 Å². The molecule has 1 aromatic heterocycles. The summed E-state index contributed by atoms with van der Waals surface area (Å²) in [4.78, 5) is 22.5. The molecule has 1 fully saturated rings. The average Bonchev–Trinajstić information content (AvgIpc) is 2.65. The molecule has 9 heteroatoms. The third-order valence-electron chi connectivity index (χ3n) is 4.48. The molecule has 2 aromatic rings. The van der Waals surface area contributed by atoms with Gasteiger partial charge in [0.1, 0.15) is 17.7 Å². The number of alkyl halides is 3. The molecular weight excluding hydrogens is 387 g/mol. The molecule has 1 saturated heterocycles. The third-order valence-corrected chi connectivity index (χ3v) is 4.48. The number of benzene rings is 1. The SMILES string of the molecule is Cc1cc(OC2CCCN(C(=O)COc3cccc(C(F)(F)F)c3)C2)nc(C)n1. The molecule has 1 amide bonds. The van der Waals surface area contributed by atoms with Crippen molar-refractivity contribution in [1.82, 2.24) is 14.9 Å². The summed E-state index contributed by atoms with van der Waals surface area (Å²) in [5.74, 6) is 0.781. The van der Waals surface area contributed by atoms with Crippen LogP contribution in [0.2, 0.25) is 0 Å². The molecule has 1 atom stereocenters. The molecule has 0 aliphatic carbocycles. The standard InChI is InChI=1S/C20H22F3N3O3/c1-13-9-18(25-14(2)24-13)29-17-7-4-8-26(11-17)19(27)12-28-16-6-3-5-15(10-16)20(21,22)23/h3,5-6,9-10,17H,4,7-8,11-12H2,1-2H3. The Balaban J connectivity index is 1.56. The maximum Gasteiger partial charge on any atom is 0.416 e. The Morgan fingerprint density at radius 3 is 2.76 bits per heavy atom. The fourth-order valence-corrected chi connectivity index (χ4v) is 3.17. The zero-order valence-corrected chi connectivity index (χ0v) is 16.2. The first-order chi connectivity index (χ1) is 13.7. The topological polar surface area (TPSA) is 64.5 Å². The molecule has 2 heterocycles. The number of hydrogen-bond donors (Lipinski definition) is 0. The first-order valence-electron chi connectivity index (χ1n) is 9.27. The summed E-state index contributed by atoms with van der Waals surface area (Å²) in [6.45, 7) is 4.21. The first-order valence-corrected chi connectivity index (χ1v) is 9.27. The van der Waals surface area contributed by atoms with Crippen LogP contribution in [0.5, 0.6) is 11.6 Å². The number of carbonyl (C=O) groups excluding carboxylic acids is 1. The summed E-state index contributed by atoms with van der Waals surface area (Å²) < 4.78 is 49.5. The van der Waals surface area contributed by atoms with Crippen LogP contribution in [-0.2, 0) is 11.0 Å². The zero-order chi connectivity index (χ0) is 21.0. The van der Waals surface area contributed by atoms with Crippen LogP contribution < -0.4 is 9.47 Å². The van der Waals surface area contributed by atoms with Crippen LogP contribution in [0.25, 0.3) is 0 Å². The lowest BCUT2D eigenvalue weighted by atomic mass is 10.1. The summed E-state index contributed by atoms with van der Waals surface area (Å²) in [6.07, 6.45) is -3.14. The Kier molecular flexibility index (Phi) is 6.24. The van der Waals surface area contributed by atoms with Crippen molar-refractivity contribution in [2.45, 2.75) is 39.0 Å². The Morgan fingerprint density at radius 1 is 1.24 bits per heavy atom. The van der Waals surface area contributed by atoms with Gasteiger partial charge in [0, 0.05) is 18.3 Å². The molecule has 0 radical (unpaired) electrons. The molecule has 1 aliphatic heterocycles. The highest BCUT2D eigenvalue weighted by atomic mass is 19.4. The van der Waals surface area contributed by atoms with E-state index in [0.717, 1.165) is 30.7 Å². The van der Waals surface area contributed by atoms with E-state index in [-0.39, 0.29) is 24.4 Å². The highest BCUT2D eigenvalue weighted by Gasteiger charge is 2.31. The lowest BCUT2D eigenvalue weighted by Crippen LogP contribution is -2.46. The van der Waals surface area contributed by atoms with Gasteiger partial charge in [0.2, 0.25) is 5.88 Å². The largest absolute Gasteiger partial charge is 0.484 e. The minimum absolute atomic E-state index is 0.00456. The molecule has 0 N–H and O–H groups in total. The first kappa shape index (κ1) is 20.9. The monoisotopic (exact) mass is 409 g/mol. The lowest BCUT2D eigenvalue weighted by molar-refractivity contribution is -0.137. The number of amides is 1. The molecule has 1 unspecified atom stereocenters. The van der Waals surface area contributed by atoms with Gasteiger partial charge >= 0.3 is 6.18 Å². The number of aromatic nitrogens is 2. The van der Waals surface area contributed by atoms with Gasteiger partial charge in [-0.05, 0) is 44.9 Å². The summed E-state index contributed by atoms with van der Waals surface area (Å²) in [6, 6.07) is 6.22. The van der Waals surface area contributed by atoms with E-state index in [2.05, 4.69) is 9.97 Å². The van der Waals surface area contributed by atoms with Crippen molar-refractivity contribution in [3.63, 3.8) is 0 Å². The molecule has 1 aromatic carbocycles. The zero-order valence-electron chi connectivity index (χ0n) is 16.2. The maximum absolute atomic E-state index is 12.8. The van der Waals surface area contributed by atoms with Crippen molar-refractivity contribution in [3.05, 3.63) is 47.4 Å². The molecule has 3 rings (SSSR count). The van der Waals surface area contributed by atoms with Gasteiger partial charge in [-0.25, -0.2) is 4.98 Å². The Labute approximate surface area is 166 Å². The van der Waals surface area contributed by atoms with E-state index in [1.54, 1.807) is 17.9 Å². The van der Waals surface area contributed by atoms with Gasteiger partial charge in [0.25, 0.3) is 5.91 Å². The number of hydrogen-bond acceptors (Lipinski definition) is 5. The van der Waals surface area contributed by atoms with Crippen LogP contribution in [-0.4, -0.2) is 46.6 Å². The van der Waals surface area contributed by atoms with Gasteiger partial charge in [-0.2, -0.15) is 18.2 Å². The highest BCUT2D eigenvalue weighted by Crippen LogP contribution is 2.31. The predicted octanol–water partition coefficient (Wildman–Crippen LogP) is 3.56. The minimum atomic E-state index is -4.46. The quantitative estimate of drug-likeness (QED) is 0.756. The number of rotatable bonds is 5. The smallest absolute Gasteiger partial charge is 0.416 e. The molecular formula is C20H22F3N3O3. The average molecular weight is 409 g/mol. The molecule has 0 spiro atoms. The fourth-order valence-electron chi connectivity index (χ4n) is 3.17. The predicted molar refractivity (Wildman–Crippen MR) is 98.7 cm³/mol. The van der Waals surface area contributed by atoms with Crippen LogP contribution in [0.4, 0.5) is 13.2 Å². The van der Waals surface area contributed by atoms with Crippen LogP contribution in [0, 0.1) is 13.8 Å². The van der Waals surface area contributed by atoms with Crippen molar-refractivity contribution in [1.29, 1.82) is 0 Å². The molecule has 156 valence electrons. The second-order valence-corrected chi connectivity index (χ2v) is 6.93. The molecule has 29 heavy (non-hydrogen) atoms. The second kappa shape index (κ2) is 8.67. The summed E-state index contributed by atoms with van der Waals surface area (Å²) in [7, 11) is 0. The third kappa shape index (κ3) is 5.82. The van der Waals surface area contributed by atoms with Crippen molar-refractivity contribution in [2.24, 2.45) is 0 Å². The molecule has 1 aliphatic rings. The number of aryl methyl sites for hydroxylation is 2. The summed E-state index contributed by atoms with van der Waals surface area (Å²) >= 11 is 0. The number of nitrogens with zero attached hydrogens (tertiary/aromatic N) is 3. The van der Waals surface area contributed by atoms with Gasteiger partial charge in [-0.3, -0.25) is 4.79 Å². The maximum atomic E-state index is 12.8. The summed E-state index contributed by atoms with van der Waals surface area (Å²) in [5, 5.41) is 0. The second-order valence-electron chi connectivity index (χ2n) is 6.93. The lowest BCUT2D eigenvalue weighted by Gasteiger charge is -2.32. The van der Waals surface area contributed by atoms with Crippen molar-refractivity contribution in [2.75, 3.05) is 19.7 Å². The normalized spacial score (nSPS) is 17.1. The van der Waals surface area contributed by atoms with Gasteiger partial charge in [0.15, 0.2) is 6.61 Å². The van der Waals surface area contributed by atoms with Crippen molar-refractivity contribution in [3.8, 4) is 11.6 Å². The molecule has 6 nitrogen and oxygen atoms in total. The number of ether oxygens (including phenoxy) is 2. The van der Waals surface area contributed by atoms with E-state index >= 15 is 0 Å². The Hall–Kier alpha value is -2.84. The van der Waals surface area contributed by atoms with Crippen LogP contribution >= 0.6 is 0 Å². The Bertz CT molecular complexity index is 853. The summed E-state index contributed by atoms with van der Waals surface area (Å²) in [5.41, 5.74) is -0.0185. The van der Waals surface area contributed by atoms with Gasteiger partial charge in [0.05, 0.1) is 12.1 Å². The van der Waals surface area contributed by atoms with E-state index in [1.807, 2.05) is 6.92 Å². The van der Waals surface area contributed by atoms with Gasteiger partial charge in [-0.1, -0.05) is 6.07 Å². The minimum Gasteiger partial charge on any atom is -0.484 e. The molecule has 0 bridgehead atoms. The van der Waals surface area contributed by atoms with Crippen LogP contribution in [0.1, 0.15) is 29.9 Å². The van der Waals surface area contributed by atoms with E-state index < -0.39 is 11.7 Å². The van der Waals surface area contributed by atoms with Crippen LogP contribution in [0.15, 0.2) is 30.3 Å². The molecule has 0 saturated carbocycles. The van der Waals surface area contributed by atoms with Gasteiger partial charge < -0.3 is 14.4 Å². The number of likely N-dealkylation sites (tertiary alicyclic amines) is 1. The highest BCUT2D eigenvalue weighted by molar-refractivity contribution is 5.78. The van der Waals surface area contributed by atoms with E-state index in [9.17, 15) is 18.0 Å². The van der Waals surface area contributed by atoms with E-state index in [4.69, 9.17) is 9.47 Å². The van der Waals surface area contributed by atoms with Crippen molar-refractivity contribution >= 4 is 5.91 Å². The number of piperidine rings is 1. The van der Waals surface area contributed by atoms with E-state index in [1.165, 1.54) is 12.1 Å². The Morgan fingerprint density at radius 2 is 2.03 bits per heavy atom. The number of halogens is 3. The number of carbonyl (C=O) groups is 1. The van der Waals surface area contributed by atoms with E-state index in [0.29, 0.717) is 24.8 Å². The van der Waals surface area contributed by atoms with Crippen molar-refractivity contribution < 1.29 is 27.4 Å². The van der Waals surface area contributed by atoms with Crippen LogP contribution in [0.3, 0.4) is 0 Å². The fraction of sp³-hybridized carbons (Fsp3) is 0.450.